The van der Waals surface area contributed by atoms with Crippen molar-refractivity contribution in [1.82, 2.24) is 5.32 Å². The van der Waals surface area contributed by atoms with E-state index in [0.717, 1.165) is 13.0 Å². The summed E-state index contributed by atoms with van der Waals surface area (Å²) in [5.74, 6) is 0. The van der Waals surface area contributed by atoms with Crippen molar-refractivity contribution in [2.75, 3.05) is 13.7 Å². The monoisotopic (exact) mass is 303 g/mol. The van der Waals surface area contributed by atoms with Crippen molar-refractivity contribution < 1.29 is 22.3 Å². The summed E-state index contributed by atoms with van der Waals surface area (Å²) in [6.07, 6.45) is 3.85. The molecule has 3 N–H and O–H groups in total. The average Bonchev–Trinajstić information content (AvgIpc) is 2.89. The van der Waals surface area contributed by atoms with Crippen molar-refractivity contribution in [2.45, 2.75) is 31.4 Å². The molecule has 2 unspecified atom stereocenters. The first-order valence-electron chi connectivity index (χ1n) is 6.43. The van der Waals surface area contributed by atoms with Crippen molar-refractivity contribution in [3.05, 3.63) is 35.9 Å². The molecule has 0 bridgehead atoms. The van der Waals surface area contributed by atoms with Gasteiger partial charge in [-0.05, 0) is 31.9 Å². The Balaban J connectivity index is 0.000000347. The summed E-state index contributed by atoms with van der Waals surface area (Å²) >= 11 is 0. The zero-order valence-electron chi connectivity index (χ0n) is 11.4. The van der Waals surface area contributed by atoms with Crippen LogP contribution in [0.4, 0.5) is 0 Å². The van der Waals surface area contributed by atoms with Crippen molar-refractivity contribution in [2.24, 2.45) is 0 Å². The van der Waals surface area contributed by atoms with Crippen LogP contribution >= 0.6 is 0 Å². The molecule has 1 saturated heterocycles. The summed E-state index contributed by atoms with van der Waals surface area (Å²) in [6.45, 7) is 0.928. The minimum absolute atomic E-state index is 0.398. The molecule has 114 valence electrons. The molecule has 20 heavy (non-hydrogen) atoms. The summed E-state index contributed by atoms with van der Waals surface area (Å²) in [4.78, 5) is 0. The molecule has 2 rings (SSSR count). The van der Waals surface area contributed by atoms with Crippen LogP contribution in [-0.2, 0) is 21.6 Å². The number of benzene rings is 1. The molecule has 1 aliphatic heterocycles. The number of nitrogens with one attached hydrogen (secondary N) is 1. The molecule has 0 spiro atoms. The van der Waals surface area contributed by atoms with E-state index in [1.54, 1.807) is 0 Å². The third kappa shape index (κ3) is 7.56. The van der Waals surface area contributed by atoms with Crippen molar-refractivity contribution >= 4 is 10.4 Å². The van der Waals surface area contributed by atoms with Crippen LogP contribution in [0.15, 0.2) is 30.3 Å². The predicted octanol–water partition coefficient (Wildman–Crippen LogP) is 1.34. The molecule has 7 heteroatoms. The molecule has 1 aromatic carbocycles. The van der Waals surface area contributed by atoms with Gasteiger partial charge in [0.2, 0.25) is 0 Å². The van der Waals surface area contributed by atoms with Crippen LogP contribution in [0.2, 0.25) is 0 Å². The maximum absolute atomic E-state index is 8.74. The number of likely N-dealkylation sites (N-methyl/N-ethyl adjacent to an activating group) is 1. The summed E-state index contributed by atoms with van der Waals surface area (Å²) in [5.41, 5.74) is 1.38. The number of hydrogen-bond acceptors (Lipinski definition) is 4. The van der Waals surface area contributed by atoms with Gasteiger partial charge < -0.3 is 10.1 Å². The Morgan fingerprint density at radius 1 is 1.35 bits per heavy atom. The Bertz CT molecular complexity index is 463. The zero-order chi connectivity index (χ0) is 15.0. The van der Waals surface area contributed by atoms with Gasteiger partial charge in [-0.3, -0.25) is 9.11 Å². The van der Waals surface area contributed by atoms with E-state index >= 15 is 0 Å². The van der Waals surface area contributed by atoms with Crippen LogP contribution in [0.3, 0.4) is 0 Å². The summed E-state index contributed by atoms with van der Waals surface area (Å²) in [7, 11) is -2.64. The molecule has 1 aliphatic rings. The standard InChI is InChI=1S/C13H19NO.H2O4S/c1-14-12(13-8-5-9-15-13)10-11-6-3-2-4-7-11;1-5(2,3)4/h2-4,6-7,12-14H,5,8-10H2,1H3;(H2,1,2,3,4). The molecule has 1 aromatic rings. The fourth-order valence-corrected chi connectivity index (χ4v) is 2.21. The van der Waals surface area contributed by atoms with E-state index in [9.17, 15) is 0 Å². The van der Waals surface area contributed by atoms with Crippen molar-refractivity contribution in [3.8, 4) is 0 Å². The first kappa shape index (κ1) is 17.1. The normalized spacial score (nSPS) is 20.1. The van der Waals surface area contributed by atoms with Crippen molar-refractivity contribution in [3.63, 3.8) is 0 Å². The lowest BCUT2D eigenvalue weighted by atomic mass is 10.00. The third-order valence-electron chi connectivity index (χ3n) is 3.08. The maximum atomic E-state index is 8.74. The Kier molecular flexibility index (Phi) is 7.11. The largest absolute Gasteiger partial charge is 0.394 e. The van der Waals surface area contributed by atoms with E-state index in [-0.39, 0.29) is 0 Å². The van der Waals surface area contributed by atoms with Crippen molar-refractivity contribution in [1.29, 1.82) is 0 Å². The molecular weight excluding hydrogens is 282 g/mol. The number of hydrogen-bond donors (Lipinski definition) is 3. The molecular formula is C13H21NO5S. The molecule has 0 aromatic heterocycles. The maximum Gasteiger partial charge on any atom is 0.394 e. The molecule has 0 saturated carbocycles. The average molecular weight is 303 g/mol. The fourth-order valence-electron chi connectivity index (χ4n) is 2.21. The van der Waals surface area contributed by atoms with Gasteiger partial charge in [0, 0.05) is 12.6 Å². The second kappa shape index (κ2) is 8.33. The van der Waals surface area contributed by atoms with Crippen LogP contribution in [0.25, 0.3) is 0 Å². The van der Waals surface area contributed by atoms with Gasteiger partial charge in [-0.2, -0.15) is 8.42 Å². The van der Waals surface area contributed by atoms with Crippen LogP contribution < -0.4 is 5.32 Å². The van der Waals surface area contributed by atoms with Crippen LogP contribution in [0, 0.1) is 0 Å². The number of rotatable bonds is 4. The second-order valence-electron chi connectivity index (χ2n) is 4.58. The van der Waals surface area contributed by atoms with E-state index in [1.165, 1.54) is 18.4 Å². The van der Waals surface area contributed by atoms with Gasteiger partial charge in [-0.1, -0.05) is 30.3 Å². The van der Waals surface area contributed by atoms with E-state index in [1.807, 2.05) is 7.05 Å². The van der Waals surface area contributed by atoms with E-state index in [4.69, 9.17) is 22.3 Å². The van der Waals surface area contributed by atoms with Crippen LogP contribution in [-0.4, -0.2) is 43.3 Å². The topological polar surface area (TPSA) is 95.9 Å². The molecule has 1 fully saturated rings. The minimum Gasteiger partial charge on any atom is -0.377 e. The van der Waals surface area contributed by atoms with E-state index in [0.29, 0.717) is 12.1 Å². The summed E-state index contributed by atoms with van der Waals surface area (Å²) < 4.78 is 37.3. The highest BCUT2D eigenvalue weighted by atomic mass is 32.3. The van der Waals surface area contributed by atoms with Gasteiger partial charge in [0.25, 0.3) is 0 Å². The molecule has 0 amide bonds. The zero-order valence-corrected chi connectivity index (χ0v) is 12.2. The smallest absolute Gasteiger partial charge is 0.377 e. The summed E-state index contributed by atoms with van der Waals surface area (Å²) in [6, 6.07) is 11.1. The number of ether oxygens (including phenoxy) is 1. The molecule has 1 heterocycles. The quantitative estimate of drug-likeness (QED) is 0.727. The molecule has 0 radical (unpaired) electrons. The Labute approximate surface area is 119 Å². The fraction of sp³-hybridized carbons (Fsp3) is 0.538. The van der Waals surface area contributed by atoms with Gasteiger partial charge in [0.15, 0.2) is 0 Å². The lowest BCUT2D eigenvalue weighted by molar-refractivity contribution is 0.0808. The SMILES string of the molecule is CNC(Cc1ccccc1)C1CCCO1.O=S(=O)(O)O. The first-order chi connectivity index (χ1) is 9.40. The lowest BCUT2D eigenvalue weighted by Gasteiger charge is -2.22. The van der Waals surface area contributed by atoms with Gasteiger partial charge in [-0.15, -0.1) is 0 Å². The van der Waals surface area contributed by atoms with Gasteiger partial charge in [-0.25, -0.2) is 0 Å². The highest BCUT2D eigenvalue weighted by molar-refractivity contribution is 7.79. The molecule has 6 nitrogen and oxygen atoms in total. The van der Waals surface area contributed by atoms with E-state index in [2.05, 4.69) is 35.6 Å². The minimum atomic E-state index is -4.67. The Morgan fingerprint density at radius 2 is 1.95 bits per heavy atom. The highest BCUT2D eigenvalue weighted by Gasteiger charge is 2.24. The van der Waals surface area contributed by atoms with Gasteiger partial charge in [0.05, 0.1) is 6.10 Å². The van der Waals surface area contributed by atoms with Gasteiger partial charge >= 0.3 is 10.4 Å². The third-order valence-corrected chi connectivity index (χ3v) is 3.08. The van der Waals surface area contributed by atoms with Crippen LogP contribution in [0.5, 0.6) is 0 Å². The lowest BCUT2D eigenvalue weighted by Crippen LogP contribution is -2.39. The van der Waals surface area contributed by atoms with E-state index < -0.39 is 10.4 Å². The Hall–Kier alpha value is -0.990. The highest BCUT2D eigenvalue weighted by Crippen LogP contribution is 2.18. The van der Waals surface area contributed by atoms with Crippen LogP contribution in [0.1, 0.15) is 18.4 Å². The summed E-state index contributed by atoms with van der Waals surface area (Å²) in [5, 5.41) is 3.37. The second-order valence-corrected chi connectivity index (χ2v) is 5.48. The van der Waals surface area contributed by atoms with Gasteiger partial charge in [0.1, 0.15) is 0 Å². The molecule has 2 atom stereocenters. The molecule has 0 aliphatic carbocycles. The first-order valence-corrected chi connectivity index (χ1v) is 7.82. The predicted molar refractivity (Wildman–Crippen MR) is 76.1 cm³/mol. The Morgan fingerprint density at radius 3 is 2.40 bits per heavy atom.